The minimum Gasteiger partial charge on any atom is -0.346 e. The van der Waals surface area contributed by atoms with E-state index < -0.39 is 18.9 Å². The summed E-state index contributed by atoms with van der Waals surface area (Å²) in [5.74, 6) is -0.525. The minimum atomic E-state index is -2.54. The van der Waals surface area contributed by atoms with Gasteiger partial charge < -0.3 is 5.32 Å². The fraction of sp³-hybridized carbons (Fsp3) is 0.222. The number of nitrogens with one attached hydrogen (secondary N) is 1. The molecule has 6 heteroatoms. The minimum absolute atomic E-state index is 0.324. The molecular formula is C9H7Br2F2NO. The van der Waals surface area contributed by atoms with Crippen molar-refractivity contribution in [3.8, 4) is 0 Å². The molecule has 0 atom stereocenters. The van der Waals surface area contributed by atoms with Crippen molar-refractivity contribution in [1.29, 1.82) is 0 Å². The highest BCUT2D eigenvalue weighted by molar-refractivity contribution is 9.11. The Hall–Kier alpha value is -0.490. The van der Waals surface area contributed by atoms with Crippen molar-refractivity contribution in [3.05, 3.63) is 32.7 Å². The Kier molecular flexibility index (Phi) is 4.66. The number of rotatable bonds is 3. The number of alkyl halides is 2. The van der Waals surface area contributed by atoms with E-state index in [0.717, 1.165) is 0 Å². The lowest BCUT2D eigenvalue weighted by Gasteiger charge is -2.06. The molecule has 1 N–H and O–H groups in total. The summed E-state index contributed by atoms with van der Waals surface area (Å²) >= 11 is 6.36. The van der Waals surface area contributed by atoms with Gasteiger partial charge in [0.2, 0.25) is 0 Å². The molecule has 0 aliphatic heterocycles. The van der Waals surface area contributed by atoms with Gasteiger partial charge >= 0.3 is 0 Å². The summed E-state index contributed by atoms with van der Waals surface area (Å²) in [5, 5.41) is 2.13. The van der Waals surface area contributed by atoms with Crippen LogP contribution in [0.5, 0.6) is 0 Å². The lowest BCUT2D eigenvalue weighted by atomic mass is 10.2. The molecule has 0 fully saturated rings. The van der Waals surface area contributed by atoms with Gasteiger partial charge in [-0.1, -0.05) is 15.9 Å². The molecule has 0 aliphatic carbocycles. The van der Waals surface area contributed by atoms with Crippen molar-refractivity contribution in [2.45, 2.75) is 6.43 Å². The lowest BCUT2D eigenvalue weighted by Crippen LogP contribution is -2.28. The van der Waals surface area contributed by atoms with Crippen molar-refractivity contribution in [2.24, 2.45) is 0 Å². The van der Waals surface area contributed by atoms with Crippen molar-refractivity contribution < 1.29 is 13.6 Å². The lowest BCUT2D eigenvalue weighted by molar-refractivity contribution is 0.0891. The van der Waals surface area contributed by atoms with Gasteiger partial charge in [0.1, 0.15) is 0 Å². The van der Waals surface area contributed by atoms with E-state index in [1.54, 1.807) is 18.2 Å². The second-order valence-electron chi connectivity index (χ2n) is 2.73. The Morgan fingerprint density at radius 2 is 2.07 bits per heavy atom. The average Bonchev–Trinajstić information content (AvgIpc) is 2.18. The van der Waals surface area contributed by atoms with E-state index in [0.29, 0.717) is 14.5 Å². The Morgan fingerprint density at radius 3 is 2.67 bits per heavy atom. The largest absolute Gasteiger partial charge is 0.346 e. The number of carbonyl (C=O) groups is 1. The van der Waals surface area contributed by atoms with Crippen LogP contribution < -0.4 is 5.32 Å². The Balaban J connectivity index is 2.77. The molecule has 82 valence electrons. The topological polar surface area (TPSA) is 29.1 Å². The Labute approximate surface area is 102 Å². The zero-order valence-corrected chi connectivity index (χ0v) is 10.6. The highest BCUT2D eigenvalue weighted by Gasteiger charge is 2.12. The van der Waals surface area contributed by atoms with Crippen LogP contribution in [-0.2, 0) is 0 Å². The molecule has 0 spiro atoms. The van der Waals surface area contributed by atoms with Crippen LogP contribution >= 0.6 is 31.9 Å². The van der Waals surface area contributed by atoms with E-state index in [-0.39, 0.29) is 0 Å². The van der Waals surface area contributed by atoms with Crippen molar-refractivity contribution in [2.75, 3.05) is 6.54 Å². The van der Waals surface area contributed by atoms with Gasteiger partial charge in [-0.2, -0.15) is 0 Å². The smallest absolute Gasteiger partial charge is 0.255 e. The molecule has 1 rings (SSSR count). The zero-order chi connectivity index (χ0) is 11.4. The van der Waals surface area contributed by atoms with Crippen LogP contribution in [0.4, 0.5) is 8.78 Å². The molecule has 0 unspecified atom stereocenters. The third-order valence-electron chi connectivity index (χ3n) is 1.59. The van der Waals surface area contributed by atoms with Gasteiger partial charge in [0, 0.05) is 8.95 Å². The van der Waals surface area contributed by atoms with Gasteiger partial charge in [-0.3, -0.25) is 4.79 Å². The van der Waals surface area contributed by atoms with Gasteiger partial charge in [-0.25, -0.2) is 8.78 Å². The fourth-order valence-electron chi connectivity index (χ4n) is 0.937. The van der Waals surface area contributed by atoms with Gasteiger partial charge in [-0.15, -0.1) is 0 Å². The molecule has 0 saturated heterocycles. The Bertz CT molecular complexity index is 371. The predicted molar refractivity (Wildman–Crippen MR) is 60.2 cm³/mol. The van der Waals surface area contributed by atoms with Crippen LogP contribution in [0.3, 0.4) is 0 Å². The van der Waals surface area contributed by atoms with E-state index >= 15 is 0 Å². The number of carbonyl (C=O) groups excluding carboxylic acids is 1. The molecule has 15 heavy (non-hydrogen) atoms. The van der Waals surface area contributed by atoms with E-state index in [1.165, 1.54) is 0 Å². The summed E-state index contributed by atoms with van der Waals surface area (Å²) in [6, 6.07) is 4.97. The highest BCUT2D eigenvalue weighted by Crippen LogP contribution is 2.21. The first-order valence-corrected chi connectivity index (χ1v) is 5.60. The highest BCUT2D eigenvalue weighted by atomic mass is 79.9. The summed E-state index contributed by atoms with van der Waals surface area (Å²) in [5.41, 5.74) is 0.324. The first kappa shape index (κ1) is 12.6. The van der Waals surface area contributed by atoms with Crippen LogP contribution in [0.25, 0.3) is 0 Å². The number of benzene rings is 1. The zero-order valence-electron chi connectivity index (χ0n) is 7.44. The van der Waals surface area contributed by atoms with E-state index in [9.17, 15) is 13.6 Å². The Morgan fingerprint density at radius 1 is 1.40 bits per heavy atom. The van der Waals surface area contributed by atoms with E-state index in [4.69, 9.17) is 0 Å². The molecule has 2 nitrogen and oxygen atoms in total. The van der Waals surface area contributed by atoms with Crippen LogP contribution in [0.15, 0.2) is 27.1 Å². The quantitative estimate of drug-likeness (QED) is 0.897. The molecule has 0 heterocycles. The maximum atomic E-state index is 11.9. The molecule has 0 saturated carbocycles. The third-order valence-corrected chi connectivity index (χ3v) is 2.77. The predicted octanol–water partition coefficient (Wildman–Crippen LogP) is 3.21. The van der Waals surface area contributed by atoms with Gasteiger partial charge in [0.25, 0.3) is 12.3 Å². The third kappa shape index (κ3) is 3.87. The SMILES string of the molecule is O=C(NCC(F)F)c1cc(Br)ccc1Br. The maximum Gasteiger partial charge on any atom is 0.255 e. The molecule has 0 aromatic heterocycles. The average molecular weight is 343 g/mol. The fourth-order valence-corrected chi connectivity index (χ4v) is 1.72. The number of halogens is 4. The number of amides is 1. The van der Waals surface area contributed by atoms with Crippen molar-refractivity contribution in [3.63, 3.8) is 0 Å². The van der Waals surface area contributed by atoms with Gasteiger partial charge in [-0.05, 0) is 34.1 Å². The maximum absolute atomic E-state index is 11.9. The summed E-state index contributed by atoms with van der Waals surface area (Å²) in [7, 11) is 0. The molecule has 1 aromatic carbocycles. The van der Waals surface area contributed by atoms with Crippen LogP contribution in [0, 0.1) is 0 Å². The molecule has 1 aromatic rings. The molecular weight excluding hydrogens is 336 g/mol. The molecule has 0 radical (unpaired) electrons. The van der Waals surface area contributed by atoms with E-state index in [1.807, 2.05) is 0 Å². The van der Waals surface area contributed by atoms with Crippen LogP contribution in [-0.4, -0.2) is 18.9 Å². The molecule has 0 bridgehead atoms. The summed E-state index contributed by atoms with van der Waals surface area (Å²) in [4.78, 5) is 11.4. The normalized spacial score (nSPS) is 10.5. The molecule has 1 amide bonds. The van der Waals surface area contributed by atoms with Gasteiger partial charge in [0.05, 0.1) is 12.1 Å². The summed E-state index contributed by atoms with van der Waals surface area (Å²) in [6.07, 6.45) is -2.54. The van der Waals surface area contributed by atoms with Crippen molar-refractivity contribution in [1.82, 2.24) is 5.32 Å². The second-order valence-corrected chi connectivity index (χ2v) is 4.50. The second kappa shape index (κ2) is 5.55. The molecule has 0 aliphatic rings. The monoisotopic (exact) mass is 341 g/mol. The van der Waals surface area contributed by atoms with Crippen LogP contribution in [0.2, 0.25) is 0 Å². The van der Waals surface area contributed by atoms with Crippen molar-refractivity contribution >= 4 is 37.8 Å². The first-order chi connectivity index (χ1) is 7.00. The number of hydrogen-bond donors (Lipinski definition) is 1. The number of hydrogen-bond acceptors (Lipinski definition) is 1. The van der Waals surface area contributed by atoms with Gasteiger partial charge in [0.15, 0.2) is 0 Å². The first-order valence-electron chi connectivity index (χ1n) is 4.02. The summed E-state index contributed by atoms with van der Waals surface area (Å²) in [6.45, 7) is -0.641. The standard InChI is InChI=1S/C9H7Br2F2NO/c10-5-1-2-7(11)6(3-5)9(15)14-4-8(12)13/h1-3,8H,4H2,(H,14,15). The summed E-state index contributed by atoms with van der Waals surface area (Å²) < 4.78 is 25.0. The van der Waals surface area contributed by atoms with E-state index in [2.05, 4.69) is 37.2 Å². The van der Waals surface area contributed by atoms with Crippen LogP contribution in [0.1, 0.15) is 10.4 Å².